The number of aliphatic hydroxyl groups is 1. The zero-order valence-electron chi connectivity index (χ0n) is 15.3. The van der Waals surface area contributed by atoms with Crippen LogP contribution in [0, 0.1) is 0 Å². The molecule has 2 aliphatic rings. The quantitative estimate of drug-likeness (QED) is 0.818. The van der Waals surface area contributed by atoms with Crippen molar-refractivity contribution >= 4 is 0 Å². The van der Waals surface area contributed by atoms with E-state index in [0.717, 1.165) is 25.7 Å². The molecule has 0 radical (unpaired) electrons. The van der Waals surface area contributed by atoms with Crippen LogP contribution in [0.3, 0.4) is 0 Å². The number of rotatable bonds is 7. The molecule has 0 aromatic heterocycles. The maximum atomic E-state index is 11.3. The highest BCUT2D eigenvalue weighted by atomic mass is 16.6. The van der Waals surface area contributed by atoms with E-state index in [9.17, 15) is 5.11 Å². The maximum absolute atomic E-state index is 11.3. The summed E-state index contributed by atoms with van der Waals surface area (Å²) in [6.07, 6.45) is 3.50. The van der Waals surface area contributed by atoms with Crippen molar-refractivity contribution < 1.29 is 24.1 Å². The van der Waals surface area contributed by atoms with Crippen LogP contribution in [0.5, 0.6) is 0 Å². The standard InChI is InChI=1S/C20H30O5/c1-22-14-19(21)13-18-20(15-23-2,11-6-12-24-18)25-17(19)10-9-16-7-4-3-5-8-16/h3-5,7-8,17-18,21H,6,9-15H2,1-2H3/t17-,18-,19-,20-/m0/s1. The van der Waals surface area contributed by atoms with Crippen LogP contribution in [0.1, 0.15) is 31.2 Å². The van der Waals surface area contributed by atoms with Crippen LogP contribution in [-0.4, -0.2) is 62.6 Å². The van der Waals surface area contributed by atoms with Crippen LogP contribution < -0.4 is 0 Å². The molecule has 0 bridgehead atoms. The van der Waals surface area contributed by atoms with E-state index in [1.807, 2.05) is 18.2 Å². The Morgan fingerprint density at radius 3 is 2.64 bits per heavy atom. The van der Waals surface area contributed by atoms with Gasteiger partial charge in [0, 0.05) is 27.2 Å². The van der Waals surface area contributed by atoms with Gasteiger partial charge in [-0.3, -0.25) is 0 Å². The Bertz CT molecular complexity index is 532. The van der Waals surface area contributed by atoms with E-state index >= 15 is 0 Å². The van der Waals surface area contributed by atoms with Gasteiger partial charge in [-0.05, 0) is 31.2 Å². The fourth-order valence-corrected chi connectivity index (χ4v) is 4.25. The summed E-state index contributed by atoms with van der Waals surface area (Å²) in [5.41, 5.74) is -0.259. The molecule has 2 fully saturated rings. The SMILES string of the molecule is COC[C@@]1(O)C[C@@H]2OCCC[C@@]2(COC)O[C@H]1CCc1ccccc1. The fourth-order valence-electron chi connectivity index (χ4n) is 4.25. The summed E-state index contributed by atoms with van der Waals surface area (Å²) in [6.45, 7) is 1.44. The number of fused-ring (bicyclic) bond motifs is 1. The van der Waals surface area contributed by atoms with Gasteiger partial charge < -0.3 is 24.1 Å². The monoisotopic (exact) mass is 350 g/mol. The minimum Gasteiger partial charge on any atom is -0.385 e. The molecular weight excluding hydrogens is 320 g/mol. The first-order valence-corrected chi connectivity index (χ1v) is 9.15. The molecule has 5 nitrogen and oxygen atoms in total. The van der Waals surface area contributed by atoms with Crippen molar-refractivity contribution in [2.75, 3.05) is 34.0 Å². The average molecular weight is 350 g/mol. The summed E-state index contributed by atoms with van der Waals surface area (Å²) in [5, 5.41) is 11.3. The van der Waals surface area contributed by atoms with Gasteiger partial charge in [0.15, 0.2) is 0 Å². The largest absolute Gasteiger partial charge is 0.385 e. The van der Waals surface area contributed by atoms with Crippen molar-refractivity contribution in [1.82, 2.24) is 0 Å². The summed E-state index contributed by atoms with van der Waals surface area (Å²) < 4.78 is 23.3. The van der Waals surface area contributed by atoms with Crippen LogP contribution >= 0.6 is 0 Å². The number of benzene rings is 1. The first kappa shape index (κ1) is 18.8. The molecule has 0 amide bonds. The smallest absolute Gasteiger partial charge is 0.118 e. The molecule has 1 N–H and O–H groups in total. The Hall–Kier alpha value is -0.980. The van der Waals surface area contributed by atoms with Gasteiger partial charge >= 0.3 is 0 Å². The van der Waals surface area contributed by atoms with Gasteiger partial charge in [-0.1, -0.05) is 30.3 Å². The van der Waals surface area contributed by atoms with Crippen molar-refractivity contribution in [3.8, 4) is 0 Å². The maximum Gasteiger partial charge on any atom is 0.118 e. The zero-order valence-corrected chi connectivity index (χ0v) is 15.3. The second-order valence-corrected chi connectivity index (χ2v) is 7.33. The lowest BCUT2D eigenvalue weighted by atomic mass is 9.75. The molecule has 2 aliphatic heterocycles. The van der Waals surface area contributed by atoms with Gasteiger partial charge in [-0.25, -0.2) is 0 Å². The summed E-state index contributed by atoms with van der Waals surface area (Å²) in [7, 11) is 3.31. The van der Waals surface area contributed by atoms with Crippen molar-refractivity contribution in [3.05, 3.63) is 35.9 Å². The average Bonchev–Trinajstić information content (AvgIpc) is 2.61. The second-order valence-electron chi connectivity index (χ2n) is 7.33. The van der Waals surface area contributed by atoms with Gasteiger partial charge in [0.2, 0.25) is 0 Å². The van der Waals surface area contributed by atoms with Crippen molar-refractivity contribution in [1.29, 1.82) is 0 Å². The van der Waals surface area contributed by atoms with Gasteiger partial charge in [0.05, 0.1) is 25.4 Å². The molecule has 0 spiro atoms. The minimum atomic E-state index is -1.04. The first-order valence-electron chi connectivity index (χ1n) is 9.15. The first-order chi connectivity index (χ1) is 12.1. The molecule has 0 saturated carbocycles. The topological polar surface area (TPSA) is 57.2 Å². The van der Waals surface area contributed by atoms with Gasteiger partial charge in [-0.15, -0.1) is 0 Å². The Balaban J connectivity index is 1.78. The molecule has 2 heterocycles. The molecule has 0 unspecified atom stereocenters. The number of methoxy groups -OCH3 is 2. The number of aryl methyl sites for hydroxylation is 1. The predicted octanol–water partition coefficient (Wildman–Crippen LogP) is 2.35. The highest BCUT2D eigenvalue weighted by molar-refractivity contribution is 5.15. The van der Waals surface area contributed by atoms with Crippen LogP contribution in [0.4, 0.5) is 0 Å². The van der Waals surface area contributed by atoms with Gasteiger partial charge in [0.25, 0.3) is 0 Å². The summed E-state index contributed by atoms with van der Waals surface area (Å²) >= 11 is 0. The van der Waals surface area contributed by atoms with Gasteiger partial charge in [0.1, 0.15) is 11.2 Å². The van der Waals surface area contributed by atoms with E-state index in [1.165, 1.54) is 5.56 Å². The van der Waals surface area contributed by atoms with E-state index in [1.54, 1.807) is 14.2 Å². The van der Waals surface area contributed by atoms with Crippen LogP contribution in [0.2, 0.25) is 0 Å². The second kappa shape index (κ2) is 8.14. The number of hydrogen-bond acceptors (Lipinski definition) is 5. The van der Waals surface area contributed by atoms with Crippen molar-refractivity contribution in [2.24, 2.45) is 0 Å². The zero-order chi connectivity index (χ0) is 17.8. The third-order valence-electron chi connectivity index (χ3n) is 5.49. The molecule has 140 valence electrons. The Kier molecular flexibility index (Phi) is 6.12. The number of hydrogen-bond donors (Lipinski definition) is 1. The summed E-state index contributed by atoms with van der Waals surface area (Å²) in [6, 6.07) is 10.3. The highest BCUT2D eigenvalue weighted by Gasteiger charge is 2.56. The molecule has 5 heteroatoms. The molecular formula is C20H30O5. The van der Waals surface area contributed by atoms with Crippen LogP contribution in [0.25, 0.3) is 0 Å². The van der Waals surface area contributed by atoms with Crippen molar-refractivity contribution in [3.63, 3.8) is 0 Å². The molecule has 3 rings (SSSR count). The Labute approximate surface area is 150 Å². The fraction of sp³-hybridized carbons (Fsp3) is 0.700. The Morgan fingerprint density at radius 1 is 1.16 bits per heavy atom. The molecule has 1 aromatic carbocycles. The van der Waals surface area contributed by atoms with E-state index in [4.69, 9.17) is 18.9 Å². The van der Waals surface area contributed by atoms with Crippen molar-refractivity contribution in [2.45, 2.75) is 55.5 Å². The summed E-state index contributed by atoms with van der Waals surface area (Å²) in [5.74, 6) is 0. The lowest BCUT2D eigenvalue weighted by Gasteiger charge is -2.54. The van der Waals surface area contributed by atoms with Gasteiger partial charge in [-0.2, -0.15) is 0 Å². The minimum absolute atomic E-state index is 0.158. The molecule has 1 aromatic rings. The highest BCUT2D eigenvalue weighted by Crippen LogP contribution is 2.43. The lowest BCUT2D eigenvalue weighted by Crippen LogP contribution is -2.67. The molecule has 0 aliphatic carbocycles. The summed E-state index contributed by atoms with van der Waals surface area (Å²) in [4.78, 5) is 0. The van der Waals surface area contributed by atoms with Crippen LogP contribution in [-0.2, 0) is 25.4 Å². The van der Waals surface area contributed by atoms with E-state index in [0.29, 0.717) is 19.6 Å². The molecule has 4 atom stereocenters. The molecule has 2 saturated heterocycles. The van der Waals surface area contributed by atoms with E-state index in [2.05, 4.69) is 12.1 Å². The molecule has 25 heavy (non-hydrogen) atoms. The van der Waals surface area contributed by atoms with E-state index in [-0.39, 0.29) is 18.8 Å². The third kappa shape index (κ3) is 4.07. The van der Waals surface area contributed by atoms with Crippen LogP contribution in [0.15, 0.2) is 30.3 Å². The predicted molar refractivity (Wildman–Crippen MR) is 94.7 cm³/mol. The number of ether oxygens (including phenoxy) is 4. The normalized spacial score (nSPS) is 35.3. The Morgan fingerprint density at radius 2 is 1.92 bits per heavy atom. The lowest BCUT2D eigenvalue weighted by molar-refractivity contribution is -0.304. The van der Waals surface area contributed by atoms with E-state index < -0.39 is 11.2 Å². The third-order valence-corrected chi connectivity index (χ3v) is 5.49.